The van der Waals surface area contributed by atoms with E-state index in [4.69, 9.17) is 14.2 Å². The number of carbonyl (C=O) groups excluding carboxylic acids is 2. The molecular weight excluding hydrogens is 483 g/mol. The Labute approximate surface area is 211 Å². The number of hydrogen-bond acceptors (Lipinski definition) is 8. The molecule has 3 unspecified atom stereocenters. The summed E-state index contributed by atoms with van der Waals surface area (Å²) in [5.74, 6) is -1.18. The summed E-state index contributed by atoms with van der Waals surface area (Å²) in [4.78, 5) is 29.5. The molecule has 1 aliphatic heterocycles. The predicted molar refractivity (Wildman–Crippen MR) is 134 cm³/mol. The van der Waals surface area contributed by atoms with Crippen LogP contribution >= 0.6 is 0 Å². The van der Waals surface area contributed by atoms with Gasteiger partial charge in [0.05, 0.1) is 32.0 Å². The molecule has 2 aromatic rings. The van der Waals surface area contributed by atoms with Gasteiger partial charge in [-0.3, -0.25) is 9.59 Å². The van der Waals surface area contributed by atoms with Crippen molar-refractivity contribution in [3.8, 4) is 17.1 Å². The molecule has 1 aliphatic carbocycles. The van der Waals surface area contributed by atoms with Gasteiger partial charge in [-0.05, 0) is 37.9 Å². The van der Waals surface area contributed by atoms with Crippen LogP contribution < -0.4 is 10.1 Å². The smallest absolute Gasteiger partial charge is 0.308 e. The zero-order valence-corrected chi connectivity index (χ0v) is 22.6. The number of nitrogens with one attached hydrogen (secondary N) is 1. The minimum Gasteiger partial charge on any atom is -0.481 e. The molecule has 0 bridgehead atoms. The van der Waals surface area contributed by atoms with E-state index in [1.165, 1.54) is 25.0 Å². The highest BCUT2D eigenvalue weighted by molar-refractivity contribution is 6.76. The maximum Gasteiger partial charge on any atom is 0.308 e. The van der Waals surface area contributed by atoms with Gasteiger partial charge >= 0.3 is 5.97 Å². The molecule has 2 aliphatic rings. The van der Waals surface area contributed by atoms with E-state index in [2.05, 4.69) is 35.0 Å². The number of methoxy groups -OCH3 is 2. The highest BCUT2D eigenvalue weighted by Crippen LogP contribution is 2.51. The molecule has 1 saturated carbocycles. The Morgan fingerprint density at radius 1 is 1.25 bits per heavy atom. The van der Waals surface area contributed by atoms with Gasteiger partial charge in [-0.15, -0.1) is 0 Å². The minimum absolute atomic E-state index is 0.0929. The number of nitrogens with zero attached hydrogens (tertiary/aromatic N) is 3. The Balaban J connectivity index is 1.58. The number of Topliss-reactive ketones (excluding diaryl/α,β-unsaturated/α-hetero) is 1. The molecule has 0 aromatic carbocycles. The van der Waals surface area contributed by atoms with Gasteiger partial charge < -0.3 is 19.5 Å². The van der Waals surface area contributed by atoms with E-state index in [1.54, 1.807) is 6.07 Å². The third-order valence-electron chi connectivity index (χ3n) is 7.06. The lowest BCUT2D eigenvalue weighted by Gasteiger charge is -2.29. The Kier molecular flexibility index (Phi) is 7.63. The highest BCUT2D eigenvalue weighted by Gasteiger charge is 2.60. The van der Waals surface area contributed by atoms with E-state index in [9.17, 15) is 14.0 Å². The zero-order chi connectivity index (χ0) is 26.1. The molecule has 196 valence electrons. The lowest BCUT2D eigenvalue weighted by atomic mass is 9.88. The summed E-state index contributed by atoms with van der Waals surface area (Å²) >= 11 is 0. The summed E-state index contributed by atoms with van der Waals surface area (Å²) in [6.45, 7) is 8.10. The van der Waals surface area contributed by atoms with Crippen molar-refractivity contribution in [1.82, 2.24) is 20.1 Å². The lowest BCUT2D eigenvalue weighted by Crippen LogP contribution is -2.45. The molecule has 3 heterocycles. The molecule has 11 heteroatoms. The molecular formula is C25H35FN4O5Si. The van der Waals surface area contributed by atoms with Gasteiger partial charge in [0.15, 0.2) is 11.6 Å². The second kappa shape index (κ2) is 10.4. The van der Waals surface area contributed by atoms with Crippen LogP contribution in [-0.2, 0) is 21.0 Å². The minimum atomic E-state index is -1.29. The fraction of sp³-hybridized carbons (Fsp3) is 0.600. The first-order chi connectivity index (χ1) is 17.1. The van der Waals surface area contributed by atoms with Gasteiger partial charge in [0.1, 0.15) is 12.4 Å². The van der Waals surface area contributed by atoms with Crippen LogP contribution in [0.15, 0.2) is 18.3 Å². The van der Waals surface area contributed by atoms with E-state index in [0.717, 1.165) is 12.2 Å². The number of ether oxygens (including phenoxy) is 3. The normalized spacial score (nSPS) is 23.5. The van der Waals surface area contributed by atoms with E-state index in [1.807, 2.05) is 0 Å². The number of aromatic nitrogens is 3. The number of piperidine rings is 1. The maximum absolute atomic E-state index is 14.8. The Morgan fingerprint density at radius 3 is 2.72 bits per heavy atom. The average molecular weight is 519 g/mol. The molecule has 4 rings (SSSR count). The Bertz CT molecular complexity index is 1130. The third-order valence-corrected chi connectivity index (χ3v) is 8.77. The summed E-state index contributed by atoms with van der Waals surface area (Å²) in [6.07, 6.45) is 2.96. The van der Waals surface area contributed by atoms with Crippen molar-refractivity contribution in [2.24, 2.45) is 11.8 Å². The van der Waals surface area contributed by atoms with Crippen LogP contribution in [-0.4, -0.2) is 67.5 Å². The van der Waals surface area contributed by atoms with Crippen molar-refractivity contribution in [1.29, 1.82) is 0 Å². The number of ketones is 1. The van der Waals surface area contributed by atoms with Crippen molar-refractivity contribution in [3.63, 3.8) is 0 Å². The van der Waals surface area contributed by atoms with Crippen LogP contribution in [0.5, 0.6) is 5.88 Å². The zero-order valence-electron chi connectivity index (χ0n) is 21.6. The summed E-state index contributed by atoms with van der Waals surface area (Å²) in [7, 11) is 1.56. The lowest BCUT2D eigenvalue weighted by molar-refractivity contribution is -0.146. The Hall–Kier alpha value is -2.63. The second-order valence-corrected chi connectivity index (χ2v) is 16.5. The quantitative estimate of drug-likeness (QED) is 0.221. The third kappa shape index (κ3) is 5.68. The number of halogens is 1. The van der Waals surface area contributed by atoms with Crippen LogP contribution in [0.2, 0.25) is 25.7 Å². The van der Waals surface area contributed by atoms with Crippen LogP contribution in [0.25, 0.3) is 11.3 Å². The van der Waals surface area contributed by atoms with Gasteiger partial charge in [-0.25, -0.2) is 14.1 Å². The topological polar surface area (TPSA) is 105 Å². The number of esters is 1. The first kappa shape index (κ1) is 26.4. The fourth-order valence-electron chi connectivity index (χ4n) is 4.83. The van der Waals surface area contributed by atoms with Crippen LogP contribution in [0.3, 0.4) is 0 Å². The van der Waals surface area contributed by atoms with E-state index < -0.39 is 19.4 Å². The molecule has 1 N–H and O–H groups in total. The van der Waals surface area contributed by atoms with Gasteiger partial charge in [-0.1, -0.05) is 19.6 Å². The number of pyridine rings is 1. The average Bonchev–Trinajstić information content (AvgIpc) is 3.36. The summed E-state index contributed by atoms with van der Waals surface area (Å²) < 4.78 is 32.3. The monoisotopic (exact) mass is 518 g/mol. The number of carbonyl (C=O) groups is 2. The van der Waals surface area contributed by atoms with Gasteiger partial charge in [0, 0.05) is 37.8 Å². The van der Waals surface area contributed by atoms with E-state index in [-0.39, 0.29) is 47.5 Å². The molecule has 2 fully saturated rings. The van der Waals surface area contributed by atoms with Gasteiger partial charge in [0.25, 0.3) is 0 Å². The van der Waals surface area contributed by atoms with Crippen molar-refractivity contribution in [2.45, 2.75) is 57.2 Å². The van der Waals surface area contributed by atoms with Crippen molar-refractivity contribution in [2.75, 3.05) is 27.4 Å². The molecule has 1 spiro atoms. The van der Waals surface area contributed by atoms with Crippen LogP contribution in [0, 0.1) is 17.7 Å². The first-order valence-electron chi connectivity index (χ1n) is 12.3. The fourth-order valence-corrected chi connectivity index (χ4v) is 5.59. The molecule has 36 heavy (non-hydrogen) atoms. The van der Waals surface area contributed by atoms with Gasteiger partial charge in [-0.2, -0.15) is 5.10 Å². The maximum atomic E-state index is 14.8. The molecule has 9 nitrogen and oxygen atoms in total. The Morgan fingerprint density at radius 2 is 2.03 bits per heavy atom. The van der Waals surface area contributed by atoms with E-state index in [0.29, 0.717) is 38.1 Å². The summed E-state index contributed by atoms with van der Waals surface area (Å²) in [6, 6.07) is 4.07. The summed E-state index contributed by atoms with van der Waals surface area (Å²) in [5, 5.41) is 7.98. The van der Waals surface area contributed by atoms with Crippen molar-refractivity contribution in [3.05, 3.63) is 29.8 Å². The summed E-state index contributed by atoms with van der Waals surface area (Å²) in [5.41, 5.74) is 0.479. The van der Waals surface area contributed by atoms with Crippen molar-refractivity contribution < 1.29 is 28.2 Å². The second-order valence-electron chi connectivity index (χ2n) is 10.9. The molecule has 2 aromatic heterocycles. The van der Waals surface area contributed by atoms with Crippen LogP contribution in [0.4, 0.5) is 4.39 Å². The standard InChI is InChI=1S/C25H35FN4O5Si/c1-33-22-10-17(19(26)14-27-22)21-11-20(29-30(21)15-35-8-9-36(3,4)5)23(31)18-13-25(18)12-16(6-7-28-25)24(32)34-2/h10-11,14,16,18,28H,6-9,12-13,15H2,1-5H3. The molecule has 1 saturated heterocycles. The van der Waals surface area contributed by atoms with Crippen molar-refractivity contribution >= 4 is 19.8 Å². The molecule has 0 amide bonds. The van der Waals surface area contributed by atoms with E-state index >= 15 is 0 Å². The molecule has 0 radical (unpaired) electrons. The largest absolute Gasteiger partial charge is 0.481 e. The number of hydrogen-bond donors (Lipinski definition) is 1. The van der Waals surface area contributed by atoms with Crippen LogP contribution in [0.1, 0.15) is 29.8 Å². The molecule has 3 atom stereocenters. The van der Waals surface area contributed by atoms with Gasteiger partial charge in [0.2, 0.25) is 5.88 Å². The highest BCUT2D eigenvalue weighted by atomic mass is 28.3. The number of rotatable bonds is 10. The first-order valence-corrected chi connectivity index (χ1v) is 16.0. The predicted octanol–water partition coefficient (Wildman–Crippen LogP) is 3.52. The SMILES string of the molecule is COC(=O)C1CCNC2(C1)CC2C(=O)c1cc(-c2cc(OC)ncc2F)n(COCC[Si](C)(C)C)n1.